The zero-order valence-electron chi connectivity index (χ0n) is 17.8. The van der Waals surface area contributed by atoms with Crippen molar-refractivity contribution in [2.24, 2.45) is 0 Å². The van der Waals surface area contributed by atoms with Crippen LogP contribution in [0.3, 0.4) is 0 Å². The zero-order valence-corrected chi connectivity index (χ0v) is 17.8. The minimum atomic E-state index is -1.04. The number of hydrogen-bond donors (Lipinski definition) is 0. The van der Waals surface area contributed by atoms with Gasteiger partial charge in [-0.1, -0.05) is 75.2 Å². The van der Waals surface area contributed by atoms with Gasteiger partial charge in [-0.25, -0.2) is 8.78 Å². The van der Waals surface area contributed by atoms with Crippen molar-refractivity contribution >= 4 is 12.2 Å². The van der Waals surface area contributed by atoms with Crippen LogP contribution in [-0.2, 0) is 19.3 Å². The van der Waals surface area contributed by atoms with E-state index in [1.54, 1.807) is 24.3 Å². The molecule has 3 aromatic rings. The molecule has 0 fully saturated rings. The molecule has 0 bridgehead atoms. The summed E-state index contributed by atoms with van der Waals surface area (Å²) in [5, 5.41) is 0. The van der Waals surface area contributed by atoms with Crippen LogP contribution < -0.4 is 4.74 Å². The lowest BCUT2D eigenvalue weighted by atomic mass is 9.95. The van der Waals surface area contributed by atoms with Gasteiger partial charge in [0.2, 0.25) is 5.82 Å². The highest BCUT2D eigenvalue weighted by Gasteiger charge is 2.27. The Morgan fingerprint density at radius 2 is 1.48 bits per heavy atom. The Labute approximate surface area is 181 Å². The van der Waals surface area contributed by atoms with E-state index >= 15 is 4.39 Å². The summed E-state index contributed by atoms with van der Waals surface area (Å²) in [6.45, 7) is 4.05. The first-order valence-electron chi connectivity index (χ1n) is 10.8. The third kappa shape index (κ3) is 4.25. The van der Waals surface area contributed by atoms with Crippen LogP contribution in [0.2, 0.25) is 0 Å². The molecule has 0 N–H and O–H groups in total. The lowest BCUT2D eigenvalue weighted by Gasteiger charge is -2.23. The third-order valence-corrected chi connectivity index (χ3v) is 5.60. The summed E-state index contributed by atoms with van der Waals surface area (Å²) in [4.78, 5) is 0. The second-order valence-corrected chi connectivity index (χ2v) is 7.96. The lowest BCUT2D eigenvalue weighted by molar-refractivity contribution is 0.379. The quantitative estimate of drug-likeness (QED) is 0.287. The first-order chi connectivity index (χ1) is 15.0. The van der Waals surface area contributed by atoms with E-state index in [4.69, 9.17) is 4.74 Å². The van der Waals surface area contributed by atoms with Gasteiger partial charge in [0.25, 0.3) is 0 Å². The first kappa shape index (κ1) is 21.2. The third-order valence-electron chi connectivity index (χ3n) is 5.60. The van der Waals surface area contributed by atoms with Crippen molar-refractivity contribution in [1.82, 2.24) is 0 Å². The molecule has 3 aromatic carbocycles. The highest BCUT2D eigenvalue weighted by atomic mass is 19.2. The first-order valence-corrected chi connectivity index (χ1v) is 10.8. The predicted octanol–water partition coefficient (Wildman–Crippen LogP) is 7.88. The summed E-state index contributed by atoms with van der Waals surface area (Å²) >= 11 is 0. The predicted molar refractivity (Wildman–Crippen MR) is 119 cm³/mol. The fourth-order valence-corrected chi connectivity index (χ4v) is 3.98. The second-order valence-electron chi connectivity index (χ2n) is 7.96. The highest BCUT2D eigenvalue weighted by Crippen LogP contribution is 2.42. The summed E-state index contributed by atoms with van der Waals surface area (Å²) in [6.07, 6.45) is 7.07. The Bertz CT molecular complexity index is 1130. The molecule has 0 spiro atoms. The fourth-order valence-electron chi connectivity index (χ4n) is 3.98. The molecule has 0 radical (unpaired) electrons. The Morgan fingerprint density at radius 1 is 0.774 bits per heavy atom. The number of fused-ring (bicyclic) bond motifs is 2. The van der Waals surface area contributed by atoms with Crippen LogP contribution in [0.1, 0.15) is 60.1 Å². The molecule has 1 aliphatic heterocycles. The molecule has 31 heavy (non-hydrogen) atoms. The van der Waals surface area contributed by atoms with Crippen LogP contribution in [0.5, 0.6) is 11.5 Å². The molecule has 0 saturated heterocycles. The molecule has 0 aromatic heterocycles. The molecule has 1 heterocycles. The van der Waals surface area contributed by atoms with Crippen LogP contribution in [-0.4, -0.2) is 0 Å². The lowest BCUT2D eigenvalue weighted by Crippen LogP contribution is -2.10. The van der Waals surface area contributed by atoms with Gasteiger partial charge in [0.1, 0.15) is 0 Å². The number of aryl methyl sites for hydroxylation is 2. The topological polar surface area (TPSA) is 9.23 Å². The molecule has 1 aliphatic rings. The van der Waals surface area contributed by atoms with Crippen molar-refractivity contribution in [2.75, 3.05) is 0 Å². The van der Waals surface area contributed by atoms with Crippen molar-refractivity contribution < 1.29 is 17.9 Å². The molecule has 160 valence electrons. The Morgan fingerprint density at radius 3 is 2.19 bits per heavy atom. The molecule has 0 amide bonds. The molecule has 4 rings (SSSR count). The molecular weight excluding hydrogens is 397 g/mol. The van der Waals surface area contributed by atoms with E-state index in [9.17, 15) is 8.78 Å². The van der Waals surface area contributed by atoms with Crippen LogP contribution >= 0.6 is 0 Å². The van der Waals surface area contributed by atoms with E-state index in [0.29, 0.717) is 41.5 Å². The smallest absolute Gasteiger partial charge is 0.201 e. The van der Waals surface area contributed by atoms with Gasteiger partial charge in [-0.15, -0.1) is 0 Å². The Balaban J connectivity index is 1.62. The Hall–Kier alpha value is -3.01. The normalized spacial score (nSPS) is 12.5. The van der Waals surface area contributed by atoms with Crippen LogP contribution in [0.15, 0.2) is 42.5 Å². The molecule has 0 atom stereocenters. The van der Waals surface area contributed by atoms with E-state index in [1.165, 1.54) is 5.56 Å². The minimum absolute atomic E-state index is 0.0329. The molecule has 0 unspecified atom stereocenters. The highest BCUT2D eigenvalue weighted by molar-refractivity contribution is 5.71. The zero-order chi connectivity index (χ0) is 22.0. The van der Waals surface area contributed by atoms with Crippen molar-refractivity contribution in [1.29, 1.82) is 0 Å². The number of benzene rings is 3. The van der Waals surface area contributed by atoms with Crippen molar-refractivity contribution in [2.45, 2.75) is 46.0 Å². The molecule has 4 heteroatoms. The van der Waals surface area contributed by atoms with Gasteiger partial charge in [0.15, 0.2) is 23.1 Å². The van der Waals surface area contributed by atoms with Gasteiger partial charge < -0.3 is 4.74 Å². The summed E-state index contributed by atoms with van der Waals surface area (Å²) < 4.78 is 49.7. The fraction of sp³-hybridized carbons (Fsp3) is 0.259. The second kappa shape index (κ2) is 9.01. The van der Waals surface area contributed by atoms with Crippen LogP contribution in [0.4, 0.5) is 13.2 Å². The van der Waals surface area contributed by atoms with Gasteiger partial charge in [-0.2, -0.15) is 4.39 Å². The number of halogens is 3. The summed E-state index contributed by atoms with van der Waals surface area (Å²) in [6, 6.07) is 13.2. The molecule has 0 aliphatic carbocycles. The van der Waals surface area contributed by atoms with Crippen LogP contribution in [0.25, 0.3) is 12.2 Å². The molecular formula is C27H25F3O. The maximum Gasteiger partial charge on any atom is 0.201 e. The van der Waals surface area contributed by atoms with E-state index in [2.05, 4.69) is 19.1 Å². The minimum Gasteiger partial charge on any atom is -0.450 e. The number of ether oxygens (including phenoxy) is 1. The van der Waals surface area contributed by atoms with Gasteiger partial charge in [-0.3, -0.25) is 0 Å². The molecule has 1 nitrogen and oxygen atoms in total. The Kier molecular flexibility index (Phi) is 6.17. The monoisotopic (exact) mass is 422 g/mol. The number of hydrogen-bond acceptors (Lipinski definition) is 1. The average molecular weight is 422 g/mol. The summed E-state index contributed by atoms with van der Waals surface area (Å²) in [5.41, 5.74) is 4.06. The maximum atomic E-state index is 15.2. The standard InChI is InChI=1S/C27H25F3O/c1-3-5-17-7-9-18(10-8-17)11-12-19-13-14-21-16-22-15-20(6-4-2)23(28)25(30)27(22)31-26(21)24(19)29/h7-15H,3-6,16H2,1-2H3/b12-11+. The summed E-state index contributed by atoms with van der Waals surface area (Å²) in [5.74, 6) is -2.77. The van der Waals surface area contributed by atoms with E-state index in [0.717, 1.165) is 18.4 Å². The molecule has 0 saturated carbocycles. The van der Waals surface area contributed by atoms with E-state index in [1.807, 2.05) is 25.1 Å². The van der Waals surface area contributed by atoms with E-state index in [-0.39, 0.29) is 11.5 Å². The van der Waals surface area contributed by atoms with Crippen molar-refractivity contribution in [3.8, 4) is 11.5 Å². The largest absolute Gasteiger partial charge is 0.450 e. The maximum absolute atomic E-state index is 15.2. The SMILES string of the molecule is CCCc1ccc(/C=C/c2ccc3c(c2F)Oc2c(cc(CCC)c(F)c2F)C3)cc1. The van der Waals surface area contributed by atoms with Gasteiger partial charge in [0.05, 0.1) is 0 Å². The van der Waals surface area contributed by atoms with Crippen molar-refractivity contribution in [3.05, 3.63) is 93.3 Å². The average Bonchev–Trinajstić information content (AvgIpc) is 2.77. The number of rotatable bonds is 6. The van der Waals surface area contributed by atoms with Crippen LogP contribution in [0, 0.1) is 17.5 Å². The van der Waals surface area contributed by atoms with Gasteiger partial charge in [0, 0.05) is 23.1 Å². The van der Waals surface area contributed by atoms with Crippen molar-refractivity contribution in [3.63, 3.8) is 0 Å². The van der Waals surface area contributed by atoms with Gasteiger partial charge >= 0.3 is 0 Å². The van der Waals surface area contributed by atoms with Gasteiger partial charge in [-0.05, 0) is 35.6 Å². The summed E-state index contributed by atoms with van der Waals surface area (Å²) in [7, 11) is 0. The van der Waals surface area contributed by atoms with E-state index < -0.39 is 17.5 Å².